The number of rotatable bonds is 13. The number of hydrogen-bond acceptors (Lipinski definition) is 12. The van der Waals surface area contributed by atoms with Crippen LogP contribution in [0, 0.1) is 0 Å². The highest BCUT2D eigenvalue weighted by Gasteiger charge is 2.31. The van der Waals surface area contributed by atoms with Gasteiger partial charge in [-0.25, -0.2) is 0 Å². The molecule has 0 radical (unpaired) electrons. The zero-order valence-electron chi connectivity index (χ0n) is 27.2. The molecule has 0 saturated heterocycles. The van der Waals surface area contributed by atoms with Crippen molar-refractivity contribution in [1.29, 1.82) is 0 Å². The molecule has 5 amide bonds. The normalized spacial score (nSPS) is 19.9. The van der Waals surface area contributed by atoms with Crippen molar-refractivity contribution in [2.24, 2.45) is 28.7 Å². The molecule has 0 unspecified atom stereocenters. The number of aliphatic hydroxyl groups excluding tert-OH is 1. The number of phenolic OH excluding ortho intramolecular Hbond substituents is 1. The lowest BCUT2D eigenvalue weighted by Crippen LogP contribution is -2.58. The van der Waals surface area contributed by atoms with E-state index in [9.17, 15) is 34.2 Å². The predicted molar refractivity (Wildman–Crippen MR) is 181 cm³/mol. The van der Waals surface area contributed by atoms with Crippen LogP contribution in [0.1, 0.15) is 24.0 Å². The van der Waals surface area contributed by atoms with Crippen LogP contribution in [0.25, 0.3) is 11.1 Å². The molecule has 49 heavy (non-hydrogen) atoms. The Kier molecular flexibility index (Phi) is 14.9. The maximum absolute atomic E-state index is 13.6. The number of carbonyl (C=O) groups excluding carboxylic acids is 5. The Bertz CT molecular complexity index is 1480. The van der Waals surface area contributed by atoms with Gasteiger partial charge in [0, 0.05) is 52.0 Å². The first-order valence-electron chi connectivity index (χ1n) is 16.0. The van der Waals surface area contributed by atoms with Gasteiger partial charge in [0.15, 0.2) is 0 Å². The summed E-state index contributed by atoms with van der Waals surface area (Å²) in [7, 11) is 0. The predicted octanol–water partition coefficient (Wildman–Crippen LogP) is -4.48. The molecule has 0 saturated carbocycles. The largest absolute Gasteiger partial charge is 0.508 e. The van der Waals surface area contributed by atoms with Crippen molar-refractivity contribution < 1.29 is 34.2 Å². The molecule has 2 aromatic rings. The van der Waals surface area contributed by atoms with Crippen LogP contribution in [0.4, 0.5) is 0 Å². The Balaban J connectivity index is 1.80. The van der Waals surface area contributed by atoms with E-state index in [0.29, 0.717) is 11.1 Å². The second-order valence-electron chi connectivity index (χ2n) is 11.9. The number of phenols is 1. The van der Waals surface area contributed by atoms with Crippen molar-refractivity contribution in [2.75, 3.05) is 32.7 Å². The van der Waals surface area contributed by atoms with Gasteiger partial charge in [-0.3, -0.25) is 24.0 Å². The topological polar surface area (TPSA) is 316 Å². The van der Waals surface area contributed by atoms with Gasteiger partial charge in [0.05, 0.1) is 18.2 Å². The summed E-state index contributed by atoms with van der Waals surface area (Å²) in [6.45, 7) is 0.0969. The summed E-state index contributed by atoms with van der Waals surface area (Å²) >= 11 is 0. The third-order valence-electron chi connectivity index (χ3n) is 7.97. The van der Waals surface area contributed by atoms with E-state index < -0.39 is 65.8 Å². The van der Waals surface area contributed by atoms with Crippen molar-refractivity contribution in [1.82, 2.24) is 26.6 Å². The fourth-order valence-corrected chi connectivity index (χ4v) is 5.10. The van der Waals surface area contributed by atoms with Gasteiger partial charge >= 0.3 is 0 Å². The SMILES string of the molecule is NCCNC(=O)[C@@H](N)CCNC(=O)[C@@H](N)CNC(=O)[C@@H]1Cc2cccc(c2)-c2ccc(O)c(c2)C[C@H](N)C(=O)N[C@@H](C[C@@H](O)CN)C(=O)N1. The van der Waals surface area contributed by atoms with E-state index in [1.165, 1.54) is 6.07 Å². The van der Waals surface area contributed by atoms with Crippen LogP contribution in [0.3, 0.4) is 0 Å². The fraction of sp³-hybridized carbons (Fsp3) is 0.469. The van der Waals surface area contributed by atoms with E-state index in [2.05, 4.69) is 26.6 Å². The minimum atomic E-state index is -1.32. The molecule has 4 bridgehead atoms. The molecule has 17 N–H and O–H groups in total. The van der Waals surface area contributed by atoms with Crippen LogP contribution in [-0.2, 0) is 36.8 Å². The van der Waals surface area contributed by atoms with Gasteiger partial charge in [-0.2, -0.15) is 0 Å². The van der Waals surface area contributed by atoms with Gasteiger partial charge < -0.3 is 65.5 Å². The smallest absolute Gasteiger partial charge is 0.243 e. The molecule has 1 heterocycles. The van der Waals surface area contributed by atoms with Gasteiger partial charge in [0.1, 0.15) is 23.9 Å². The lowest BCUT2D eigenvalue weighted by Gasteiger charge is -2.26. The second-order valence-corrected chi connectivity index (χ2v) is 11.9. The summed E-state index contributed by atoms with van der Waals surface area (Å²) in [4.78, 5) is 64.7. The molecule has 0 aromatic heterocycles. The zero-order valence-corrected chi connectivity index (χ0v) is 27.2. The number of hydrogen-bond donors (Lipinski definition) is 12. The van der Waals surface area contributed by atoms with E-state index in [0.717, 1.165) is 11.1 Å². The molecular formula is C32H48N10O7. The van der Waals surface area contributed by atoms with Crippen LogP contribution in [0.5, 0.6) is 5.75 Å². The highest BCUT2D eigenvalue weighted by molar-refractivity contribution is 5.93. The van der Waals surface area contributed by atoms with Crippen LogP contribution in [0.2, 0.25) is 0 Å². The number of aliphatic hydroxyl groups is 1. The number of nitrogens with one attached hydrogen (secondary N) is 5. The average molecular weight is 685 g/mol. The van der Waals surface area contributed by atoms with Crippen molar-refractivity contribution in [3.05, 3.63) is 53.6 Å². The van der Waals surface area contributed by atoms with Gasteiger partial charge in [-0.1, -0.05) is 30.3 Å². The third-order valence-corrected chi connectivity index (χ3v) is 7.97. The van der Waals surface area contributed by atoms with Crippen molar-refractivity contribution >= 4 is 29.5 Å². The van der Waals surface area contributed by atoms with Crippen molar-refractivity contribution in [3.8, 4) is 16.9 Å². The first kappa shape index (κ1) is 38.8. The monoisotopic (exact) mass is 684 g/mol. The maximum atomic E-state index is 13.6. The Hall–Kier alpha value is -4.65. The average Bonchev–Trinajstić information content (AvgIpc) is 3.08. The molecule has 0 fully saturated rings. The van der Waals surface area contributed by atoms with Gasteiger partial charge in [0.25, 0.3) is 0 Å². The van der Waals surface area contributed by atoms with E-state index in [-0.39, 0.29) is 64.2 Å². The minimum absolute atomic E-state index is 0.00151. The van der Waals surface area contributed by atoms with Gasteiger partial charge in [-0.15, -0.1) is 0 Å². The Labute approximate surface area is 284 Å². The van der Waals surface area contributed by atoms with Gasteiger partial charge in [0.2, 0.25) is 29.5 Å². The molecule has 1 aliphatic rings. The van der Waals surface area contributed by atoms with Crippen LogP contribution in [0.15, 0.2) is 42.5 Å². The first-order chi connectivity index (χ1) is 23.3. The summed E-state index contributed by atoms with van der Waals surface area (Å²) in [6.07, 6.45) is -1.34. The molecular weight excluding hydrogens is 636 g/mol. The summed E-state index contributed by atoms with van der Waals surface area (Å²) in [5.74, 6) is -3.23. The molecule has 2 aromatic carbocycles. The number of nitrogens with two attached hydrogens (primary N) is 5. The fourth-order valence-electron chi connectivity index (χ4n) is 5.10. The highest BCUT2D eigenvalue weighted by atomic mass is 16.3. The van der Waals surface area contributed by atoms with Crippen molar-refractivity contribution in [2.45, 2.75) is 62.0 Å². The Morgan fingerprint density at radius 2 is 1.57 bits per heavy atom. The van der Waals surface area contributed by atoms with E-state index in [4.69, 9.17) is 28.7 Å². The summed E-state index contributed by atoms with van der Waals surface area (Å²) in [5, 5.41) is 33.6. The van der Waals surface area contributed by atoms with Crippen LogP contribution < -0.4 is 55.3 Å². The summed E-state index contributed by atoms with van der Waals surface area (Å²) < 4.78 is 0. The Morgan fingerprint density at radius 3 is 2.29 bits per heavy atom. The van der Waals surface area contributed by atoms with Gasteiger partial charge in [-0.05, 0) is 40.8 Å². The summed E-state index contributed by atoms with van der Waals surface area (Å²) in [5.41, 5.74) is 31.5. The standard InChI is InChI=1S/C32H48N10O7/c33-7-9-39-28(45)22(35)6-8-38-29(46)24(37)16-40-31(48)25-11-17-2-1-3-18(10-17)19-4-5-27(44)20(12-19)13-23(36)30(47)41-26(32(49)42-25)14-21(43)15-34/h1-5,10,12,21-26,43-44H,6-9,11,13-16,33-37H2,(H,38,46)(H,39,45)(H,40,48)(H,41,47)(H,42,49)/t21-,22+,23+,24+,25+,26+/m1/s1. The maximum Gasteiger partial charge on any atom is 0.243 e. The third kappa shape index (κ3) is 11.8. The quantitative estimate of drug-likeness (QED) is 0.0950. The van der Waals surface area contributed by atoms with Crippen LogP contribution in [-0.4, -0.2) is 109 Å². The molecule has 268 valence electrons. The van der Waals surface area contributed by atoms with E-state index in [1.807, 2.05) is 12.1 Å². The number of benzene rings is 2. The second kappa shape index (κ2) is 18.8. The minimum Gasteiger partial charge on any atom is -0.508 e. The molecule has 1 aliphatic heterocycles. The molecule has 3 rings (SSSR count). The number of aromatic hydroxyl groups is 1. The number of amides is 5. The lowest BCUT2D eigenvalue weighted by atomic mass is 9.96. The first-order valence-corrected chi connectivity index (χ1v) is 16.0. The van der Waals surface area contributed by atoms with E-state index in [1.54, 1.807) is 24.3 Å². The number of carbonyl (C=O) groups is 5. The molecule has 0 spiro atoms. The number of fused-ring (bicyclic) bond motifs is 5. The van der Waals surface area contributed by atoms with Crippen molar-refractivity contribution in [3.63, 3.8) is 0 Å². The van der Waals surface area contributed by atoms with Crippen LogP contribution >= 0.6 is 0 Å². The molecule has 6 atom stereocenters. The van der Waals surface area contributed by atoms with E-state index >= 15 is 0 Å². The summed E-state index contributed by atoms with van der Waals surface area (Å²) in [6, 6.07) is 6.37. The zero-order chi connectivity index (χ0) is 36.1. The molecule has 0 aliphatic carbocycles. The molecule has 17 nitrogen and oxygen atoms in total. The molecule has 17 heteroatoms. The highest BCUT2D eigenvalue weighted by Crippen LogP contribution is 2.28. The lowest BCUT2D eigenvalue weighted by molar-refractivity contribution is -0.133. The Morgan fingerprint density at radius 1 is 0.878 bits per heavy atom.